The summed E-state index contributed by atoms with van der Waals surface area (Å²) in [5, 5.41) is 2.95. The average Bonchev–Trinajstić information content (AvgIpc) is 3.17. The van der Waals surface area contributed by atoms with Gasteiger partial charge < -0.3 is 11.1 Å². The standard InChI is InChI=1S/C14H22N4O/c1-4-14(5-6-14)8-17-13(19)11-10(15)7-16-12(18-11)9(2)3/h7,9H,4-6,8,15H2,1-3H3,(H,17,19). The summed E-state index contributed by atoms with van der Waals surface area (Å²) in [5.74, 6) is 0.634. The number of nitrogens with two attached hydrogens (primary N) is 1. The smallest absolute Gasteiger partial charge is 0.272 e. The molecule has 0 unspecified atom stereocenters. The Kier molecular flexibility index (Phi) is 3.73. The third-order valence-corrected chi connectivity index (χ3v) is 3.90. The highest BCUT2D eigenvalue weighted by atomic mass is 16.1. The van der Waals surface area contributed by atoms with Crippen LogP contribution in [0.2, 0.25) is 0 Å². The summed E-state index contributed by atoms with van der Waals surface area (Å²) < 4.78 is 0. The zero-order valence-electron chi connectivity index (χ0n) is 11.9. The minimum atomic E-state index is -0.193. The van der Waals surface area contributed by atoms with Crippen molar-refractivity contribution in [1.29, 1.82) is 0 Å². The highest BCUT2D eigenvalue weighted by Crippen LogP contribution is 2.47. The summed E-state index contributed by atoms with van der Waals surface area (Å²) >= 11 is 0. The summed E-state index contributed by atoms with van der Waals surface area (Å²) in [6, 6.07) is 0. The topological polar surface area (TPSA) is 80.9 Å². The number of carbonyl (C=O) groups excluding carboxylic acids is 1. The molecule has 1 saturated carbocycles. The molecule has 0 bridgehead atoms. The predicted octanol–water partition coefficient (Wildman–Crippen LogP) is 2.10. The summed E-state index contributed by atoms with van der Waals surface area (Å²) in [6.45, 7) is 6.85. The van der Waals surface area contributed by atoms with Crippen LogP contribution in [0.25, 0.3) is 0 Å². The van der Waals surface area contributed by atoms with Gasteiger partial charge >= 0.3 is 0 Å². The number of carbonyl (C=O) groups is 1. The average molecular weight is 262 g/mol. The van der Waals surface area contributed by atoms with Gasteiger partial charge in [-0.05, 0) is 24.7 Å². The fourth-order valence-electron chi connectivity index (χ4n) is 2.05. The number of aromatic nitrogens is 2. The second kappa shape index (κ2) is 5.15. The Morgan fingerprint density at radius 2 is 2.21 bits per heavy atom. The quantitative estimate of drug-likeness (QED) is 0.851. The van der Waals surface area contributed by atoms with Gasteiger partial charge in [0.25, 0.3) is 5.91 Å². The van der Waals surface area contributed by atoms with Gasteiger partial charge in [0.15, 0.2) is 5.69 Å². The van der Waals surface area contributed by atoms with Gasteiger partial charge in [-0.15, -0.1) is 0 Å². The highest BCUT2D eigenvalue weighted by Gasteiger charge is 2.40. The second-order valence-corrected chi connectivity index (χ2v) is 5.72. The molecule has 1 aromatic rings. The van der Waals surface area contributed by atoms with Crippen molar-refractivity contribution in [2.45, 2.75) is 46.0 Å². The Morgan fingerprint density at radius 3 is 2.74 bits per heavy atom. The summed E-state index contributed by atoms with van der Waals surface area (Å²) in [4.78, 5) is 20.6. The summed E-state index contributed by atoms with van der Waals surface area (Å²) in [6.07, 6.45) is 5.01. The minimum Gasteiger partial charge on any atom is -0.396 e. The Morgan fingerprint density at radius 1 is 1.53 bits per heavy atom. The molecular weight excluding hydrogens is 240 g/mol. The summed E-state index contributed by atoms with van der Waals surface area (Å²) in [7, 11) is 0. The van der Waals surface area contributed by atoms with Crippen LogP contribution < -0.4 is 11.1 Å². The molecule has 104 valence electrons. The van der Waals surface area contributed by atoms with Gasteiger partial charge in [-0.3, -0.25) is 4.79 Å². The van der Waals surface area contributed by atoms with Gasteiger partial charge in [0.05, 0.1) is 11.9 Å². The Bertz CT molecular complexity index is 480. The Balaban J connectivity index is 2.07. The number of hydrogen-bond donors (Lipinski definition) is 2. The lowest BCUT2D eigenvalue weighted by Crippen LogP contribution is -2.31. The van der Waals surface area contributed by atoms with Crippen LogP contribution in [-0.4, -0.2) is 22.4 Å². The van der Waals surface area contributed by atoms with Crippen molar-refractivity contribution in [3.63, 3.8) is 0 Å². The molecule has 1 amide bonds. The number of nitrogens with one attached hydrogen (secondary N) is 1. The van der Waals surface area contributed by atoms with E-state index in [1.165, 1.54) is 19.0 Å². The zero-order chi connectivity index (χ0) is 14.0. The van der Waals surface area contributed by atoms with Crippen LogP contribution in [0.4, 0.5) is 5.69 Å². The van der Waals surface area contributed by atoms with E-state index >= 15 is 0 Å². The van der Waals surface area contributed by atoms with Crippen molar-refractivity contribution in [3.05, 3.63) is 17.7 Å². The van der Waals surface area contributed by atoms with Gasteiger partial charge in [0.2, 0.25) is 0 Å². The first-order chi connectivity index (χ1) is 8.97. The fourth-order valence-corrected chi connectivity index (χ4v) is 2.05. The van der Waals surface area contributed by atoms with Crippen LogP contribution in [0.5, 0.6) is 0 Å². The molecule has 2 rings (SSSR count). The number of nitrogens with zero attached hydrogens (tertiary/aromatic N) is 2. The molecule has 0 aromatic carbocycles. The van der Waals surface area contributed by atoms with Gasteiger partial charge in [0.1, 0.15) is 5.82 Å². The van der Waals surface area contributed by atoms with Crippen LogP contribution in [0.1, 0.15) is 62.3 Å². The van der Waals surface area contributed by atoms with E-state index in [9.17, 15) is 4.79 Å². The maximum absolute atomic E-state index is 12.1. The van der Waals surface area contributed by atoms with Crippen molar-refractivity contribution in [1.82, 2.24) is 15.3 Å². The molecular formula is C14H22N4O. The van der Waals surface area contributed by atoms with Gasteiger partial charge in [-0.1, -0.05) is 20.8 Å². The number of nitrogen functional groups attached to an aromatic ring is 1. The molecule has 3 N–H and O–H groups in total. The van der Waals surface area contributed by atoms with E-state index in [0.717, 1.165) is 6.42 Å². The molecule has 5 heteroatoms. The molecule has 1 aliphatic rings. The highest BCUT2D eigenvalue weighted by molar-refractivity contribution is 5.96. The van der Waals surface area contributed by atoms with Crippen molar-refractivity contribution in [2.24, 2.45) is 5.41 Å². The molecule has 1 aliphatic carbocycles. The first-order valence-corrected chi connectivity index (χ1v) is 6.88. The maximum atomic E-state index is 12.1. The SMILES string of the molecule is CCC1(CNC(=O)c2nc(C(C)C)ncc2N)CC1. The van der Waals surface area contributed by atoms with Gasteiger partial charge in [0, 0.05) is 12.5 Å². The van der Waals surface area contributed by atoms with E-state index in [-0.39, 0.29) is 11.8 Å². The number of rotatable bonds is 5. The third kappa shape index (κ3) is 3.03. The number of amides is 1. The lowest BCUT2D eigenvalue weighted by atomic mass is 10.0. The van der Waals surface area contributed by atoms with E-state index in [4.69, 9.17) is 5.73 Å². The first kappa shape index (κ1) is 13.8. The molecule has 19 heavy (non-hydrogen) atoms. The van der Waals surface area contributed by atoms with E-state index in [1.54, 1.807) is 0 Å². The molecule has 0 saturated heterocycles. The van der Waals surface area contributed by atoms with E-state index in [2.05, 4.69) is 22.2 Å². The molecule has 0 aliphatic heterocycles. The van der Waals surface area contributed by atoms with Crippen LogP contribution in [-0.2, 0) is 0 Å². The third-order valence-electron chi connectivity index (χ3n) is 3.90. The molecule has 1 heterocycles. The van der Waals surface area contributed by atoms with Crippen molar-refractivity contribution in [2.75, 3.05) is 12.3 Å². The normalized spacial score (nSPS) is 16.4. The van der Waals surface area contributed by atoms with Crippen molar-refractivity contribution < 1.29 is 4.79 Å². The van der Waals surface area contributed by atoms with Crippen LogP contribution in [0.15, 0.2) is 6.20 Å². The van der Waals surface area contributed by atoms with Crippen molar-refractivity contribution >= 4 is 11.6 Å². The molecule has 0 spiro atoms. The molecule has 0 atom stereocenters. The predicted molar refractivity (Wildman–Crippen MR) is 74.8 cm³/mol. The monoisotopic (exact) mass is 262 g/mol. The second-order valence-electron chi connectivity index (χ2n) is 5.72. The maximum Gasteiger partial charge on any atom is 0.272 e. The van der Waals surface area contributed by atoms with E-state index in [1.807, 2.05) is 13.8 Å². The lowest BCUT2D eigenvalue weighted by Gasteiger charge is -2.14. The Hall–Kier alpha value is -1.65. The van der Waals surface area contributed by atoms with Crippen molar-refractivity contribution in [3.8, 4) is 0 Å². The van der Waals surface area contributed by atoms with Crippen LogP contribution >= 0.6 is 0 Å². The Labute approximate surface area is 114 Å². The van der Waals surface area contributed by atoms with Gasteiger partial charge in [-0.25, -0.2) is 9.97 Å². The fraction of sp³-hybridized carbons (Fsp3) is 0.643. The van der Waals surface area contributed by atoms with E-state index < -0.39 is 0 Å². The molecule has 1 aromatic heterocycles. The number of hydrogen-bond acceptors (Lipinski definition) is 4. The molecule has 1 fully saturated rings. The minimum absolute atomic E-state index is 0.178. The zero-order valence-corrected chi connectivity index (χ0v) is 11.9. The summed E-state index contributed by atoms with van der Waals surface area (Å²) in [5.41, 5.74) is 6.74. The molecule has 0 radical (unpaired) electrons. The number of anilines is 1. The largest absolute Gasteiger partial charge is 0.396 e. The van der Waals surface area contributed by atoms with Crippen LogP contribution in [0, 0.1) is 5.41 Å². The van der Waals surface area contributed by atoms with Crippen LogP contribution in [0.3, 0.4) is 0 Å². The van der Waals surface area contributed by atoms with Gasteiger partial charge in [-0.2, -0.15) is 0 Å². The van der Waals surface area contributed by atoms with E-state index in [0.29, 0.717) is 29.2 Å². The molecule has 5 nitrogen and oxygen atoms in total. The first-order valence-electron chi connectivity index (χ1n) is 6.88. The lowest BCUT2D eigenvalue weighted by molar-refractivity contribution is 0.0940.